The normalized spacial score (nSPS) is 17.9. The number of hydrogen-bond donors (Lipinski definition) is 2. The van der Waals surface area contributed by atoms with Crippen LogP contribution in [0.4, 0.5) is 5.69 Å². The average Bonchev–Trinajstić information content (AvgIpc) is 2.72. The summed E-state index contributed by atoms with van der Waals surface area (Å²) in [5.41, 5.74) is 8.47. The SMILES string of the molecule is O=C(CN1CCCc2ccccc21)NNC(=O)C1COc2ccccc2C1. The molecule has 0 saturated heterocycles. The van der Waals surface area contributed by atoms with Crippen LogP contribution in [0.25, 0.3) is 0 Å². The number of rotatable bonds is 3. The molecule has 0 fully saturated rings. The number of nitrogens with zero attached hydrogens (tertiary/aromatic N) is 1. The van der Waals surface area contributed by atoms with Crippen molar-refractivity contribution in [2.24, 2.45) is 5.92 Å². The Morgan fingerprint density at radius 3 is 2.70 bits per heavy atom. The summed E-state index contributed by atoms with van der Waals surface area (Å²) in [6, 6.07) is 15.9. The number of anilines is 1. The lowest BCUT2D eigenvalue weighted by molar-refractivity contribution is -0.131. The van der Waals surface area contributed by atoms with Crippen LogP contribution >= 0.6 is 0 Å². The van der Waals surface area contributed by atoms with Gasteiger partial charge >= 0.3 is 0 Å². The molecule has 2 aliphatic heterocycles. The lowest BCUT2D eigenvalue weighted by atomic mass is 9.96. The summed E-state index contributed by atoms with van der Waals surface area (Å²) in [6.45, 7) is 1.38. The summed E-state index contributed by atoms with van der Waals surface area (Å²) >= 11 is 0. The predicted octanol–water partition coefficient (Wildman–Crippen LogP) is 1.84. The maximum Gasteiger partial charge on any atom is 0.257 e. The molecule has 4 rings (SSSR count). The number of nitrogens with one attached hydrogen (secondary N) is 2. The van der Waals surface area contributed by atoms with E-state index < -0.39 is 0 Å². The van der Waals surface area contributed by atoms with Crippen molar-refractivity contribution in [2.45, 2.75) is 19.3 Å². The third-order valence-electron chi connectivity index (χ3n) is 5.12. The van der Waals surface area contributed by atoms with Gasteiger partial charge < -0.3 is 9.64 Å². The first-order valence-electron chi connectivity index (χ1n) is 9.33. The van der Waals surface area contributed by atoms with Gasteiger partial charge in [-0.05, 0) is 42.5 Å². The summed E-state index contributed by atoms with van der Waals surface area (Å²) in [5, 5.41) is 0. The zero-order chi connectivity index (χ0) is 18.6. The molecule has 2 aromatic carbocycles. The van der Waals surface area contributed by atoms with Crippen LogP contribution in [0.3, 0.4) is 0 Å². The van der Waals surface area contributed by atoms with Crippen molar-refractivity contribution in [3.8, 4) is 5.75 Å². The molecule has 27 heavy (non-hydrogen) atoms. The van der Waals surface area contributed by atoms with Crippen LogP contribution in [-0.4, -0.2) is 31.5 Å². The maximum absolute atomic E-state index is 12.4. The number of hydrazine groups is 1. The molecule has 2 heterocycles. The van der Waals surface area contributed by atoms with Crippen molar-refractivity contribution in [1.29, 1.82) is 0 Å². The van der Waals surface area contributed by atoms with Crippen LogP contribution in [0.15, 0.2) is 48.5 Å². The highest BCUT2D eigenvalue weighted by atomic mass is 16.5. The monoisotopic (exact) mass is 365 g/mol. The van der Waals surface area contributed by atoms with Gasteiger partial charge in [0, 0.05) is 12.2 Å². The van der Waals surface area contributed by atoms with Crippen LogP contribution in [0, 0.1) is 5.92 Å². The van der Waals surface area contributed by atoms with Crippen LogP contribution in [0.5, 0.6) is 5.75 Å². The molecule has 0 saturated carbocycles. The van der Waals surface area contributed by atoms with Crippen LogP contribution in [-0.2, 0) is 22.4 Å². The van der Waals surface area contributed by atoms with Crippen molar-refractivity contribution >= 4 is 17.5 Å². The van der Waals surface area contributed by atoms with E-state index in [-0.39, 0.29) is 24.3 Å². The van der Waals surface area contributed by atoms with Crippen molar-refractivity contribution in [3.05, 3.63) is 59.7 Å². The van der Waals surface area contributed by atoms with Gasteiger partial charge in [-0.3, -0.25) is 20.4 Å². The van der Waals surface area contributed by atoms with Crippen LogP contribution < -0.4 is 20.5 Å². The van der Waals surface area contributed by atoms with Gasteiger partial charge in [-0.15, -0.1) is 0 Å². The second kappa shape index (κ2) is 7.70. The molecule has 140 valence electrons. The topological polar surface area (TPSA) is 70.7 Å². The fourth-order valence-electron chi connectivity index (χ4n) is 3.72. The summed E-state index contributed by atoms with van der Waals surface area (Å²) in [4.78, 5) is 26.7. The van der Waals surface area contributed by atoms with Gasteiger partial charge in [0.2, 0.25) is 5.91 Å². The number of benzene rings is 2. The van der Waals surface area contributed by atoms with E-state index in [1.807, 2.05) is 42.5 Å². The number of aryl methyl sites for hydroxylation is 1. The third-order valence-corrected chi connectivity index (χ3v) is 5.12. The van der Waals surface area contributed by atoms with Gasteiger partial charge in [0.1, 0.15) is 12.4 Å². The second-order valence-electron chi connectivity index (χ2n) is 7.01. The highest BCUT2D eigenvalue weighted by Crippen LogP contribution is 2.27. The molecule has 6 heteroatoms. The van der Waals surface area contributed by atoms with E-state index in [1.54, 1.807) is 0 Å². The molecule has 0 radical (unpaired) electrons. The summed E-state index contributed by atoms with van der Waals surface area (Å²) < 4.78 is 5.64. The van der Waals surface area contributed by atoms with E-state index in [2.05, 4.69) is 21.8 Å². The first-order valence-corrected chi connectivity index (χ1v) is 9.33. The van der Waals surface area contributed by atoms with E-state index in [9.17, 15) is 9.59 Å². The Labute approximate surface area is 158 Å². The molecule has 6 nitrogen and oxygen atoms in total. The largest absolute Gasteiger partial charge is 0.492 e. The van der Waals surface area contributed by atoms with Gasteiger partial charge in [-0.1, -0.05) is 36.4 Å². The van der Waals surface area contributed by atoms with Crippen LogP contribution in [0.1, 0.15) is 17.5 Å². The fraction of sp³-hybridized carbons (Fsp3) is 0.333. The van der Waals surface area contributed by atoms with E-state index in [0.717, 1.165) is 36.4 Å². The second-order valence-corrected chi connectivity index (χ2v) is 7.01. The number of amides is 2. The Morgan fingerprint density at radius 1 is 1.04 bits per heavy atom. The fourth-order valence-corrected chi connectivity index (χ4v) is 3.72. The van der Waals surface area contributed by atoms with Crippen molar-refractivity contribution in [2.75, 3.05) is 24.6 Å². The molecule has 2 N–H and O–H groups in total. The maximum atomic E-state index is 12.4. The number of ether oxygens (including phenoxy) is 1. The van der Waals surface area contributed by atoms with E-state index in [1.165, 1.54) is 5.56 Å². The summed E-state index contributed by atoms with van der Waals surface area (Å²) in [5.74, 6) is 0.0688. The summed E-state index contributed by atoms with van der Waals surface area (Å²) in [6.07, 6.45) is 2.67. The number of para-hydroxylation sites is 2. The number of hydrogen-bond acceptors (Lipinski definition) is 4. The number of carbonyl (C=O) groups excluding carboxylic acids is 2. The minimum Gasteiger partial charge on any atom is -0.492 e. The zero-order valence-electron chi connectivity index (χ0n) is 15.1. The van der Waals surface area contributed by atoms with Crippen molar-refractivity contribution < 1.29 is 14.3 Å². The average molecular weight is 365 g/mol. The Balaban J connectivity index is 1.29. The Kier molecular flexibility index (Phi) is 4.96. The van der Waals surface area contributed by atoms with Gasteiger partial charge in [-0.2, -0.15) is 0 Å². The molecule has 2 aliphatic rings. The molecular formula is C21H23N3O3. The molecule has 0 aliphatic carbocycles. The summed E-state index contributed by atoms with van der Waals surface area (Å²) in [7, 11) is 0. The quantitative estimate of drug-likeness (QED) is 0.815. The predicted molar refractivity (Wildman–Crippen MR) is 102 cm³/mol. The lowest BCUT2D eigenvalue weighted by Crippen LogP contribution is -2.50. The molecule has 2 aromatic rings. The lowest BCUT2D eigenvalue weighted by Gasteiger charge is -2.30. The minimum atomic E-state index is -0.309. The standard InChI is InChI=1S/C21H23N3O3/c25-20(13-24-11-5-8-15-6-1-3-9-18(15)24)22-23-21(26)17-12-16-7-2-4-10-19(16)27-14-17/h1-4,6-7,9-10,17H,5,8,11-14H2,(H,22,25)(H,23,26). The zero-order valence-corrected chi connectivity index (χ0v) is 15.1. The van der Waals surface area contributed by atoms with E-state index in [4.69, 9.17) is 4.74 Å². The molecule has 0 aromatic heterocycles. The Morgan fingerprint density at radius 2 is 1.81 bits per heavy atom. The van der Waals surface area contributed by atoms with Gasteiger partial charge in [0.15, 0.2) is 0 Å². The molecule has 1 unspecified atom stereocenters. The highest BCUT2D eigenvalue weighted by molar-refractivity contribution is 5.86. The molecule has 0 bridgehead atoms. The smallest absolute Gasteiger partial charge is 0.257 e. The number of carbonyl (C=O) groups is 2. The van der Waals surface area contributed by atoms with Gasteiger partial charge in [0.05, 0.1) is 12.5 Å². The number of fused-ring (bicyclic) bond motifs is 2. The minimum absolute atomic E-state index is 0.224. The van der Waals surface area contributed by atoms with E-state index in [0.29, 0.717) is 13.0 Å². The van der Waals surface area contributed by atoms with Crippen molar-refractivity contribution in [3.63, 3.8) is 0 Å². The Hall–Kier alpha value is -3.02. The third kappa shape index (κ3) is 3.89. The Bertz CT molecular complexity index is 852. The molecule has 0 spiro atoms. The first-order chi connectivity index (χ1) is 13.2. The van der Waals surface area contributed by atoms with Crippen molar-refractivity contribution in [1.82, 2.24) is 10.9 Å². The molecular weight excluding hydrogens is 342 g/mol. The van der Waals surface area contributed by atoms with E-state index >= 15 is 0 Å². The van der Waals surface area contributed by atoms with Gasteiger partial charge in [-0.25, -0.2) is 0 Å². The van der Waals surface area contributed by atoms with Gasteiger partial charge in [0.25, 0.3) is 5.91 Å². The molecule has 1 atom stereocenters. The van der Waals surface area contributed by atoms with Crippen LogP contribution in [0.2, 0.25) is 0 Å². The highest BCUT2D eigenvalue weighted by Gasteiger charge is 2.26. The first kappa shape index (κ1) is 17.4. The molecule has 2 amide bonds.